The van der Waals surface area contributed by atoms with Gasteiger partial charge >= 0.3 is 5.97 Å². The number of carbonyl (C=O) groups is 4. The molecule has 0 rings (SSSR count). The van der Waals surface area contributed by atoms with Crippen molar-refractivity contribution in [2.75, 3.05) is 6.54 Å². The summed E-state index contributed by atoms with van der Waals surface area (Å²) in [5, 5.41) is 25.9. The molecular weight excluding hydrogens is 410 g/mol. The molecule has 0 aromatic heterocycles. The Morgan fingerprint density at radius 2 is 1.42 bits per heavy atom. The maximum absolute atomic E-state index is 12.7. The number of aliphatic imine (C=N–C) groups is 1. The van der Waals surface area contributed by atoms with E-state index in [1.807, 2.05) is 0 Å². The molecule has 13 nitrogen and oxygen atoms in total. The lowest BCUT2D eigenvalue weighted by atomic mass is 10.0. The fourth-order valence-corrected chi connectivity index (χ4v) is 2.46. The van der Waals surface area contributed by atoms with Crippen molar-refractivity contribution in [1.29, 1.82) is 0 Å². The number of hydrogen-bond donors (Lipinski definition) is 8. The molecular formula is C18H35N7O6. The van der Waals surface area contributed by atoms with Gasteiger partial charge in [-0.1, -0.05) is 13.8 Å². The van der Waals surface area contributed by atoms with Crippen LogP contribution in [0.25, 0.3) is 0 Å². The van der Waals surface area contributed by atoms with E-state index < -0.39 is 54.0 Å². The molecule has 0 heterocycles. The summed E-state index contributed by atoms with van der Waals surface area (Å²) in [4.78, 5) is 52.0. The topological polar surface area (TPSA) is 235 Å². The number of aliphatic hydroxyl groups excluding tert-OH is 1. The Bertz CT molecular complexity index is 664. The first kappa shape index (κ1) is 28.1. The predicted molar refractivity (Wildman–Crippen MR) is 114 cm³/mol. The number of carboxylic acid groups (broad SMARTS) is 1. The van der Waals surface area contributed by atoms with E-state index in [-0.39, 0.29) is 18.3 Å². The summed E-state index contributed by atoms with van der Waals surface area (Å²) < 4.78 is 0. The largest absolute Gasteiger partial charge is 0.480 e. The van der Waals surface area contributed by atoms with Crippen LogP contribution >= 0.6 is 0 Å². The Labute approximate surface area is 181 Å². The van der Waals surface area contributed by atoms with Crippen molar-refractivity contribution in [2.24, 2.45) is 28.1 Å². The van der Waals surface area contributed by atoms with Crippen LogP contribution in [0, 0.1) is 5.92 Å². The van der Waals surface area contributed by atoms with Crippen LogP contribution in [0.2, 0.25) is 0 Å². The lowest BCUT2D eigenvalue weighted by Gasteiger charge is -2.27. The quantitative estimate of drug-likeness (QED) is 0.0815. The summed E-state index contributed by atoms with van der Waals surface area (Å²) in [7, 11) is 0. The number of amides is 3. The number of carbonyl (C=O) groups excluding carboxylic acids is 3. The van der Waals surface area contributed by atoms with Gasteiger partial charge in [-0.3, -0.25) is 24.2 Å². The highest BCUT2D eigenvalue weighted by molar-refractivity contribution is 5.94. The second-order valence-corrected chi connectivity index (χ2v) is 7.58. The maximum atomic E-state index is 12.7. The number of carboxylic acids is 1. The molecule has 0 aliphatic rings. The third-order valence-corrected chi connectivity index (χ3v) is 4.34. The molecule has 0 aliphatic carbocycles. The van der Waals surface area contributed by atoms with Crippen LogP contribution in [-0.2, 0) is 19.2 Å². The monoisotopic (exact) mass is 445 g/mol. The van der Waals surface area contributed by atoms with Gasteiger partial charge in [0, 0.05) is 6.54 Å². The van der Waals surface area contributed by atoms with Crippen LogP contribution < -0.4 is 33.2 Å². The number of aliphatic hydroxyl groups is 1. The summed E-state index contributed by atoms with van der Waals surface area (Å²) >= 11 is 0. The van der Waals surface area contributed by atoms with Gasteiger partial charge in [-0.05, 0) is 32.6 Å². The standard InChI is InChI=1S/C18H35N7O6/c1-8(2)12(24-14(27)11(19)6-5-7-22-18(20)21)15(28)25-13(10(4)26)16(29)23-9(3)17(30)31/h8-13,26H,5-7,19H2,1-4H3,(H,23,29)(H,24,27)(H,25,28)(H,30,31)(H4,20,21,22). The lowest BCUT2D eigenvalue weighted by Crippen LogP contribution is -2.60. The van der Waals surface area contributed by atoms with Crippen LogP contribution in [0.5, 0.6) is 0 Å². The van der Waals surface area contributed by atoms with Crippen molar-refractivity contribution in [2.45, 2.75) is 70.8 Å². The molecule has 5 unspecified atom stereocenters. The van der Waals surface area contributed by atoms with E-state index in [1.54, 1.807) is 13.8 Å². The second-order valence-electron chi connectivity index (χ2n) is 7.58. The summed E-state index contributed by atoms with van der Waals surface area (Å²) in [5.41, 5.74) is 16.3. The average Bonchev–Trinajstić information content (AvgIpc) is 2.65. The van der Waals surface area contributed by atoms with Crippen LogP contribution in [0.15, 0.2) is 4.99 Å². The summed E-state index contributed by atoms with van der Waals surface area (Å²) in [6, 6.07) is -4.58. The van der Waals surface area contributed by atoms with Crippen molar-refractivity contribution in [3.8, 4) is 0 Å². The number of nitrogens with one attached hydrogen (secondary N) is 3. The number of rotatable bonds is 13. The van der Waals surface area contributed by atoms with E-state index in [0.717, 1.165) is 0 Å². The molecule has 0 radical (unpaired) electrons. The minimum absolute atomic E-state index is 0.0657. The van der Waals surface area contributed by atoms with Crippen molar-refractivity contribution >= 4 is 29.7 Å². The van der Waals surface area contributed by atoms with E-state index in [4.69, 9.17) is 22.3 Å². The van der Waals surface area contributed by atoms with Gasteiger partial charge in [0.1, 0.15) is 18.1 Å². The molecule has 0 aromatic carbocycles. The molecule has 0 fully saturated rings. The van der Waals surface area contributed by atoms with Gasteiger partial charge in [-0.2, -0.15) is 0 Å². The zero-order valence-corrected chi connectivity index (χ0v) is 18.3. The smallest absolute Gasteiger partial charge is 0.325 e. The fourth-order valence-electron chi connectivity index (χ4n) is 2.46. The van der Waals surface area contributed by atoms with Gasteiger partial charge in [0.2, 0.25) is 17.7 Å². The van der Waals surface area contributed by atoms with Crippen LogP contribution in [-0.4, -0.2) is 76.7 Å². The Morgan fingerprint density at radius 1 is 0.903 bits per heavy atom. The zero-order chi connectivity index (χ0) is 24.3. The summed E-state index contributed by atoms with van der Waals surface area (Å²) in [6.07, 6.45) is -0.580. The van der Waals surface area contributed by atoms with Crippen LogP contribution in [0.4, 0.5) is 0 Å². The molecule has 0 saturated heterocycles. The Morgan fingerprint density at radius 3 is 1.87 bits per heavy atom. The van der Waals surface area contributed by atoms with Gasteiger partial charge in [-0.15, -0.1) is 0 Å². The molecule has 31 heavy (non-hydrogen) atoms. The molecule has 13 heteroatoms. The predicted octanol–water partition coefficient (Wildman–Crippen LogP) is -3.04. The highest BCUT2D eigenvalue weighted by atomic mass is 16.4. The highest BCUT2D eigenvalue weighted by Gasteiger charge is 2.32. The molecule has 0 spiro atoms. The Balaban J connectivity index is 5.07. The van der Waals surface area contributed by atoms with Crippen molar-refractivity contribution < 1.29 is 29.4 Å². The summed E-state index contributed by atoms with van der Waals surface area (Å²) in [6.45, 7) is 6.17. The number of aliphatic carboxylic acids is 1. The number of nitrogens with zero attached hydrogens (tertiary/aromatic N) is 1. The fraction of sp³-hybridized carbons (Fsp3) is 0.722. The minimum Gasteiger partial charge on any atom is -0.480 e. The number of hydrogen-bond acceptors (Lipinski definition) is 7. The molecule has 0 saturated carbocycles. The molecule has 0 aromatic rings. The first-order valence-corrected chi connectivity index (χ1v) is 9.90. The van der Waals surface area contributed by atoms with E-state index in [0.29, 0.717) is 13.0 Å². The van der Waals surface area contributed by atoms with Crippen molar-refractivity contribution in [3.05, 3.63) is 0 Å². The minimum atomic E-state index is -1.42. The van der Waals surface area contributed by atoms with E-state index in [1.165, 1.54) is 13.8 Å². The van der Waals surface area contributed by atoms with Crippen LogP contribution in [0.1, 0.15) is 40.5 Å². The number of nitrogens with two attached hydrogens (primary N) is 3. The van der Waals surface area contributed by atoms with E-state index >= 15 is 0 Å². The first-order chi connectivity index (χ1) is 14.3. The lowest BCUT2D eigenvalue weighted by molar-refractivity contribution is -0.142. The number of guanidine groups is 1. The third-order valence-electron chi connectivity index (χ3n) is 4.34. The normalized spacial score (nSPS) is 15.7. The molecule has 178 valence electrons. The highest BCUT2D eigenvalue weighted by Crippen LogP contribution is 2.06. The Kier molecular flexibility index (Phi) is 12.1. The van der Waals surface area contributed by atoms with Crippen molar-refractivity contribution in [1.82, 2.24) is 16.0 Å². The molecule has 0 aliphatic heterocycles. The van der Waals surface area contributed by atoms with E-state index in [2.05, 4.69) is 20.9 Å². The maximum Gasteiger partial charge on any atom is 0.325 e. The molecule has 3 amide bonds. The average molecular weight is 446 g/mol. The van der Waals surface area contributed by atoms with Gasteiger partial charge in [0.05, 0.1) is 12.1 Å². The third kappa shape index (κ3) is 10.6. The zero-order valence-electron chi connectivity index (χ0n) is 18.3. The van der Waals surface area contributed by atoms with Gasteiger partial charge in [0.25, 0.3) is 0 Å². The van der Waals surface area contributed by atoms with Gasteiger partial charge in [-0.25, -0.2) is 0 Å². The SMILES string of the molecule is CC(NC(=O)C(NC(=O)C(NC(=O)C(N)CCCN=C(N)N)C(C)C)C(C)O)C(=O)O. The second kappa shape index (κ2) is 13.4. The van der Waals surface area contributed by atoms with Gasteiger partial charge < -0.3 is 43.4 Å². The van der Waals surface area contributed by atoms with E-state index in [9.17, 15) is 24.3 Å². The van der Waals surface area contributed by atoms with Gasteiger partial charge in [0.15, 0.2) is 5.96 Å². The molecule has 0 bridgehead atoms. The van der Waals surface area contributed by atoms with Crippen molar-refractivity contribution in [3.63, 3.8) is 0 Å². The molecule has 5 atom stereocenters. The Hall–Kier alpha value is -2.93. The summed E-state index contributed by atoms with van der Waals surface area (Å²) in [5.74, 6) is -3.87. The first-order valence-electron chi connectivity index (χ1n) is 9.90. The molecule has 11 N–H and O–H groups in total. The van der Waals surface area contributed by atoms with Crippen LogP contribution in [0.3, 0.4) is 0 Å².